The van der Waals surface area contributed by atoms with E-state index in [0.717, 1.165) is 11.5 Å². The average Bonchev–Trinajstić information content (AvgIpc) is 1.84. The van der Waals surface area contributed by atoms with Crippen molar-refractivity contribution in [2.45, 2.75) is 0 Å². The second-order valence-corrected chi connectivity index (χ2v) is 15.2. The highest BCUT2D eigenvalue weighted by molar-refractivity contribution is 9.07. The standard InChI is InChI=1S/C2H4ClPS3/c3-4(5)6-1-2-7-4/h1-2H2. The molecular weight excluding hydrogens is 187 g/mol. The van der Waals surface area contributed by atoms with E-state index in [-0.39, 0.29) is 0 Å². The molecule has 0 unspecified atom stereocenters. The second-order valence-electron chi connectivity index (χ2n) is 1.10. The van der Waals surface area contributed by atoms with Gasteiger partial charge in [-0.1, -0.05) is 45.8 Å². The van der Waals surface area contributed by atoms with Gasteiger partial charge in [0.2, 0.25) is 0 Å². The Kier molecular flexibility index (Phi) is 2.40. The van der Waals surface area contributed by atoms with Crippen LogP contribution in [-0.2, 0) is 11.8 Å². The van der Waals surface area contributed by atoms with Crippen LogP contribution in [0.5, 0.6) is 0 Å². The maximum Gasteiger partial charge on any atom is 0.140 e. The number of halogens is 1. The summed E-state index contributed by atoms with van der Waals surface area (Å²) in [6.45, 7) is 0. The predicted octanol–water partition coefficient (Wildman–Crippen LogP) is 2.93. The molecule has 0 aromatic rings. The molecule has 0 bridgehead atoms. The van der Waals surface area contributed by atoms with Crippen molar-refractivity contribution in [3.63, 3.8) is 0 Å². The highest BCUT2D eigenvalue weighted by atomic mass is 35.7. The van der Waals surface area contributed by atoms with E-state index < -0.39 is 3.79 Å². The zero-order chi connectivity index (χ0) is 5.33. The summed E-state index contributed by atoms with van der Waals surface area (Å²) >= 11 is 14.3. The van der Waals surface area contributed by atoms with E-state index >= 15 is 0 Å². The van der Waals surface area contributed by atoms with Gasteiger partial charge in [-0.15, -0.1) is 0 Å². The van der Waals surface area contributed by atoms with Crippen molar-refractivity contribution in [2.75, 3.05) is 11.5 Å². The second kappa shape index (κ2) is 2.49. The molecule has 0 radical (unpaired) electrons. The van der Waals surface area contributed by atoms with Gasteiger partial charge in [-0.3, -0.25) is 0 Å². The maximum atomic E-state index is 5.82. The first-order chi connectivity index (χ1) is 3.21. The lowest BCUT2D eigenvalue weighted by atomic mass is 11.0. The van der Waals surface area contributed by atoms with Gasteiger partial charge in [-0.05, 0) is 0 Å². The zero-order valence-corrected chi connectivity index (χ0v) is 7.56. The van der Waals surface area contributed by atoms with E-state index in [1.165, 1.54) is 0 Å². The summed E-state index contributed by atoms with van der Waals surface area (Å²) in [6, 6.07) is 0. The number of hydrogen-bond acceptors (Lipinski definition) is 3. The molecule has 0 aromatic heterocycles. The summed E-state index contributed by atoms with van der Waals surface area (Å²) in [7, 11) is 0. The summed E-state index contributed by atoms with van der Waals surface area (Å²) in [5.74, 6) is 2.32. The third kappa shape index (κ3) is 2.15. The molecule has 42 valence electrons. The van der Waals surface area contributed by atoms with Crippen LogP contribution in [0.2, 0.25) is 0 Å². The van der Waals surface area contributed by atoms with E-state index in [0.29, 0.717) is 0 Å². The third-order valence-electron chi connectivity index (χ3n) is 0.574. The summed E-state index contributed by atoms with van der Waals surface area (Å²) in [5, 5.41) is 0. The molecule has 5 heteroatoms. The molecule has 1 aliphatic rings. The molecule has 0 atom stereocenters. The van der Waals surface area contributed by atoms with Crippen LogP contribution < -0.4 is 0 Å². The molecule has 1 rings (SSSR count). The average molecular weight is 191 g/mol. The minimum atomic E-state index is -1.40. The Morgan fingerprint density at radius 1 is 1.43 bits per heavy atom. The topological polar surface area (TPSA) is 0 Å². The molecule has 0 amide bonds. The van der Waals surface area contributed by atoms with Crippen LogP contribution in [0.3, 0.4) is 0 Å². The lowest BCUT2D eigenvalue weighted by Gasteiger charge is -1.96. The Labute approximate surface area is 61.1 Å². The Morgan fingerprint density at radius 2 is 1.86 bits per heavy atom. The van der Waals surface area contributed by atoms with Crippen molar-refractivity contribution in [3.05, 3.63) is 0 Å². The molecule has 0 saturated carbocycles. The highest BCUT2D eigenvalue weighted by Gasteiger charge is 2.19. The van der Waals surface area contributed by atoms with Gasteiger partial charge in [0.15, 0.2) is 0 Å². The van der Waals surface area contributed by atoms with Gasteiger partial charge in [-0.25, -0.2) is 0 Å². The van der Waals surface area contributed by atoms with Crippen LogP contribution in [0, 0.1) is 0 Å². The number of hydrogen-bond donors (Lipinski definition) is 0. The first-order valence-corrected chi connectivity index (χ1v) is 8.68. The molecule has 0 aliphatic carbocycles. The normalized spacial score (nSPS) is 28.1. The Balaban J connectivity index is 2.57. The molecule has 1 saturated heterocycles. The molecule has 0 N–H and O–H groups in total. The first-order valence-electron chi connectivity index (χ1n) is 1.79. The van der Waals surface area contributed by atoms with Gasteiger partial charge >= 0.3 is 0 Å². The third-order valence-corrected chi connectivity index (χ3v) is 10.7. The molecule has 0 nitrogen and oxygen atoms in total. The lowest BCUT2D eigenvalue weighted by molar-refractivity contribution is 1.59. The van der Waals surface area contributed by atoms with E-state index in [2.05, 4.69) is 0 Å². The van der Waals surface area contributed by atoms with E-state index in [1.807, 2.05) is 0 Å². The molecule has 0 spiro atoms. The Morgan fingerprint density at radius 3 is 2.00 bits per heavy atom. The first kappa shape index (κ1) is 6.76. The number of rotatable bonds is 0. The minimum Gasteiger partial charge on any atom is -0.0986 e. The van der Waals surface area contributed by atoms with Crippen LogP contribution >= 0.6 is 37.8 Å². The fraction of sp³-hybridized carbons (Fsp3) is 1.00. The van der Waals surface area contributed by atoms with Crippen LogP contribution in [-0.4, -0.2) is 11.5 Å². The van der Waals surface area contributed by atoms with Gasteiger partial charge in [0, 0.05) is 11.5 Å². The molecule has 0 aromatic carbocycles. The smallest absolute Gasteiger partial charge is 0.0986 e. The van der Waals surface area contributed by atoms with E-state index in [1.54, 1.807) is 22.8 Å². The fourth-order valence-corrected chi connectivity index (χ4v) is 8.91. The SMILES string of the molecule is S=P1(Cl)SCCS1. The largest absolute Gasteiger partial charge is 0.140 e. The maximum absolute atomic E-state index is 5.82. The van der Waals surface area contributed by atoms with Crippen molar-refractivity contribution >= 4 is 49.6 Å². The lowest BCUT2D eigenvalue weighted by Crippen LogP contribution is -1.64. The fourth-order valence-electron chi connectivity index (χ4n) is 0.330. The van der Waals surface area contributed by atoms with Crippen molar-refractivity contribution in [1.82, 2.24) is 0 Å². The minimum absolute atomic E-state index is 1.16. The molecule has 7 heavy (non-hydrogen) atoms. The van der Waals surface area contributed by atoms with E-state index in [4.69, 9.17) is 23.0 Å². The van der Waals surface area contributed by atoms with E-state index in [9.17, 15) is 0 Å². The van der Waals surface area contributed by atoms with Gasteiger partial charge in [-0.2, -0.15) is 0 Å². The summed E-state index contributed by atoms with van der Waals surface area (Å²) in [5.41, 5.74) is 0. The van der Waals surface area contributed by atoms with Gasteiger partial charge in [0.25, 0.3) is 0 Å². The summed E-state index contributed by atoms with van der Waals surface area (Å²) in [4.78, 5) is 0. The van der Waals surface area contributed by atoms with Gasteiger partial charge in [0.05, 0.1) is 0 Å². The van der Waals surface area contributed by atoms with Crippen molar-refractivity contribution < 1.29 is 0 Å². The van der Waals surface area contributed by atoms with Crippen LogP contribution in [0.15, 0.2) is 0 Å². The predicted molar refractivity (Wildman–Crippen MR) is 45.1 cm³/mol. The molecule has 1 heterocycles. The monoisotopic (exact) mass is 190 g/mol. The van der Waals surface area contributed by atoms with Crippen LogP contribution in [0.1, 0.15) is 0 Å². The summed E-state index contributed by atoms with van der Waals surface area (Å²) in [6.07, 6.45) is 0. The Bertz CT molecular complexity index is 104. The van der Waals surface area contributed by atoms with Gasteiger partial charge in [0.1, 0.15) is 3.79 Å². The molecule has 1 aliphatic heterocycles. The Hall–Kier alpha value is 1.64. The van der Waals surface area contributed by atoms with Crippen LogP contribution in [0.4, 0.5) is 0 Å². The zero-order valence-electron chi connectivity index (χ0n) is 3.46. The molecule has 1 fully saturated rings. The van der Waals surface area contributed by atoms with Crippen molar-refractivity contribution in [3.8, 4) is 0 Å². The highest BCUT2D eigenvalue weighted by Crippen LogP contribution is 2.77. The van der Waals surface area contributed by atoms with Gasteiger partial charge < -0.3 is 0 Å². The van der Waals surface area contributed by atoms with Crippen molar-refractivity contribution in [2.24, 2.45) is 0 Å². The van der Waals surface area contributed by atoms with Crippen molar-refractivity contribution in [1.29, 1.82) is 0 Å². The molecular formula is C2H4ClPS3. The summed E-state index contributed by atoms with van der Waals surface area (Å²) < 4.78 is -1.40. The van der Waals surface area contributed by atoms with Crippen LogP contribution in [0.25, 0.3) is 0 Å². The quantitative estimate of drug-likeness (QED) is 0.539.